The predicted octanol–water partition coefficient (Wildman–Crippen LogP) is 4.69. The summed E-state index contributed by atoms with van der Waals surface area (Å²) in [5.74, 6) is -3.24. The van der Waals surface area contributed by atoms with Crippen LogP contribution in [-0.4, -0.2) is 35.6 Å². The van der Waals surface area contributed by atoms with Gasteiger partial charge >= 0.3 is 0 Å². The quantitative estimate of drug-likeness (QED) is 0.352. The van der Waals surface area contributed by atoms with Gasteiger partial charge in [-0.1, -0.05) is 23.3 Å². The number of ketones is 2. The number of ether oxygens (including phenoxy) is 1. The monoisotopic (exact) mass is 529 g/mol. The van der Waals surface area contributed by atoms with Crippen LogP contribution in [0.4, 0.5) is 5.69 Å². The van der Waals surface area contributed by atoms with Gasteiger partial charge in [0.15, 0.2) is 11.6 Å². The van der Waals surface area contributed by atoms with Gasteiger partial charge in [0, 0.05) is 33.2 Å². The number of methoxy groups -OCH3 is 1. The molecule has 0 saturated carbocycles. The zero-order chi connectivity index (χ0) is 26.9. The summed E-state index contributed by atoms with van der Waals surface area (Å²) in [7, 11) is 1.51. The van der Waals surface area contributed by atoms with Gasteiger partial charge in [0.05, 0.1) is 24.6 Å². The first-order valence-corrected chi connectivity index (χ1v) is 12.8. The summed E-state index contributed by atoms with van der Waals surface area (Å²) in [6, 6.07) is 11.3. The van der Waals surface area contributed by atoms with Gasteiger partial charge in [-0.15, -0.1) is 0 Å². The summed E-state index contributed by atoms with van der Waals surface area (Å²) >= 11 is 6.02. The number of carbonyl (C=O) groups excluding carboxylic acids is 4. The highest BCUT2D eigenvalue weighted by molar-refractivity contribution is 6.31. The summed E-state index contributed by atoms with van der Waals surface area (Å²) in [6.45, 7) is 1.60. The van der Waals surface area contributed by atoms with E-state index in [1.165, 1.54) is 24.2 Å². The van der Waals surface area contributed by atoms with Gasteiger partial charge in [0.25, 0.3) is 0 Å². The molecule has 4 atom stereocenters. The van der Waals surface area contributed by atoms with Crippen LogP contribution in [0.5, 0.6) is 11.5 Å². The van der Waals surface area contributed by atoms with Crippen molar-refractivity contribution in [1.29, 1.82) is 0 Å². The van der Waals surface area contributed by atoms with E-state index in [-0.39, 0.29) is 35.6 Å². The smallest absolute Gasteiger partial charge is 0.238 e. The number of phenols is 1. The number of Topliss-reactive ketones (excluding diaryl/α,β-unsaturated/α-hetero) is 1. The van der Waals surface area contributed by atoms with Crippen LogP contribution in [0.2, 0.25) is 5.02 Å². The Labute approximate surface area is 224 Å². The molecule has 1 aliphatic heterocycles. The van der Waals surface area contributed by atoms with E-state index in [0.717, 1.165) is 5.57 Å². The molecular formula is C30H24ClNO6. The van der Waals surface area contributed by atoms with E-state index >= 15 is 0 Å². The molecule has 2 aromatic rings. The molecule has 192 valence electrons. The first-order valence-electron chi connectivity index (χ1n) is 12.4. The average molecular weight is 530 g/mol. The lowest BCUT2D eigenvalue weighted by Gasteiger charge is -2.42. The largest absolute Gasteiger partial charge is 0.508 e. The first kappa shape index (κ1) is 24.4. The summed E-state index contributed by atoms with van der Waals surface area (Å²) in [5, 5.41) is 11.4. The highest BCUT2D eigenvalue weighted by Gasteiger charge is 2.56. The summed E-state index contributed by atoms with van der Waals surface area (Å²) in [4.78, 5) is 55.3. The molecule has 4 unspecified atom stereocenters. The fraction of sp³-hybridized carbons (Fsp3) is 0.267. The number of hydrogen-bond acceptors (Lipinski definition) is 6. The van der Waals surface area contributed by atoms with Gasteiger partial charge in [-0.2, -0.15) is 0 Å². The van der Waals surface area contributed by atoms with Gasteiger partial charge in [0.1, 0.15) is 11.5 Å². The number of hydrogen-bond donors (Lipinski definition) is 1. The number of halogens is 1. The second-order valence-corrected chi connectivity index (χ2v) is 10.6. The van der Waals surface area contributed by atoms with Crippen LogP contribution in [0.25, 0.3) is 0 Å². The Balaban J connectivity index is 1.50. The van der Waals surface area contributed by atoms with Crippen molar-refractivity contribution in [3.05, 3.63) is 87.5 Å². The van der Waals surface area contributed by atoms with E-state index in [2.05, 4.69) is 0 Å². The summed E-state index contributed by atoms with van der Waals surface area (Å²) in [6.07, 6.45) is 3.73. The standard InChI is InChI=1S/C30H24ClNO6/c1-14-11-24(34)22-13-20-18(25(27(22)28(14)35)21-12-17(38-2)7-10-23(21)33)8-9-19-26(20)30(37)32(29(19)36)16-5-3-15(31)4-6-16/h3-8,10-12,19-20,25-26,33H,9,13H2,1-2H3. The van der Waals surface area contributed by atoms with Crippen molar-refractivity contribution in [3.63, 3.8) is 0 Å². The third-order valence-corrected chi connectivity index (χ3v) is 8.45. The van der Waals surface area contributed by atoms with Gasteiger partial charge in [0.2, 0.25) is 11.8 Å². The van der Waals surface area contributed by atoms with E-state index in [0.29, 0.717) is 45.2 Å². The number of carbonyl (C=O) groups is 4. The van der Waals surface area contributed by atoms with E-state index in [9.17, 15) is 24.3 Å². The molecule has 0 aromatic heterocycles. The number of aromatic hydroxyl groups is 1. The fourth-order valence-electron chi connectivity index (χ4n) is 6.45. The van der Waals surface area contributed by atoms with Crippen LogP contribution in [-0.2, 0) is 19.2 Å². The molecule has 0 bridgehead atoms. The highest BCUT2D eigenvalue weighted by atomic mass is 35.5. The van der Waals surface area contributed by atoms with Crippen LogP contribution in [0, 0.1) is 17.8 Å². The minimum atomic E-state index is -0.743. The molecule has 4 aliphatic rings. The Morgan fingerprint density at radius 1 is 1.00 bits per heavy atom. The van der Waals surface area contributed by atoms with Crippen molar-refractivity contribution >= 4 is 40.7 Å². The number of nitrogens with zero attached hydrogens (tertiary/aromatic N) is 1. The minimum absolute atomic E-state index is 0.0459. The maximum Gasteiger partial charge on any atom is 0.238 e. The third kappa shape index (κ3) is 3.49. The van der Waals surface area contributed by atoms with Crippen molar-refractivity contribution in [2.45, 2.75) is 25.7 Å². The Morgan fingerprint density at radius 3 is 2.45 bits per heavy atom. The van der Waals surface area contributed by atoms with Crippen LogP contribution >= 0.6 is 11.6 Å². The second-order valence-electron chi connectivity index (χ2n) is 10.1. The lowest BCUT2D eigenvalue weighted by Crippen LogP contribution is -2.39. The zero-order valence-electron chi connectivity index (χ0n) is 20.7. The number of phenolic OH excluding ortho intramolecular Hbond substituents is 1. The molecule has 2 aromatic carbocycles. The minimum Gasteiger partial charge on any atom is -0.508 e. The number of fused-ring (bicyclic) bond motifs is 3. The van der Waals surface area contributed by atoms with Crippen molar-refractivity contribution in [2.75, 3.05) is 12.0 Å². The second kappa shape index (κ2) is 8.81. The number of amides is 2. The topological polar surface area (TPSA) is 101 Å². The van der Waals surface area contributed by atoms with Crippen molar-refractivity contribution in [1.82, 2.24) is 0 Å². The first-order chi connectivity index (χ1) is 18.2. The van der Waals surface area contributed by atoms with Crippen molar-refractivity contribution < 1.29 is 29.0 Å². The zero-order valence-corrected chi connectivity index (χ0v) is 21.5. The number of allylic oxidation sites excluding steroid dienone is 6. The van der Waals surface area contributed by atoms with E-state index in [4.69, 9.17) is 16.3 Å². The molecule has 1 fully saturated rings. The third-order valence-electron chi connectivity index (χ3n) is 8.20. The normalized spacial score (nSPS) is 26.6. The molecular weight excluding hydrogens is 506 g/mol. The highest BCUT2D eigenvalue weighted by Crippen LogP contribution is 2.56. The molecule has 1 N–H and O–H groups in total. The van der Waals surface area contributed by atoms with Crippen molar-refractivity contribution in [3.8, 4) is 11.5 Å². The Bertz CT molecular complexity index is 1530. The molecule has 0 radical (unpaired) electrons. The van der Waals surface area contributed by atoms with Crippen LogP contribution in [0.3, 0.4) is 0 Å². The molecule has 1 saturated heterocycles. The summed E-state index contributed by atoms with van der Waals surface area (Å²) in [5.41, 5.74) is 2.62. The lowest BCUT2D eigenvalue weighted by atomic mass is 9.59. The maximum absolute atomic E-state index is 13.9. The number of imide groups is 1. The SMILES string of the molecule is COc1ccc(O)c(C2C3=CCC4C(=O)N(c5ccc(Cl)cc5)C(=O)C4C3CC3=C2C(=O)C(C)=CC3=O)c1. The Morgan fingerprint density at radius 2 is 1.74 bits per heavy atom. The Kier molecular flexibility index (Phi) is 5.65. The fourth-order valence-corrected chi connectivity index (χ4v) is 6.58. The van der Waals surface area contributed by atoms with E-state index in [1.807, 2.05) is 6.08 Å². The van der Waals surface area contributed by atoms with E-state index < -0.39 is 23.7 Å². The lowest BCUT2D eigenvalue weighted by molar-refractivity contribution is -0.123. The number of rotatable bonds is 3. The van der Waals surface area contributed by atoms with Gasteiger partial charge in [-0.25, -0.2) is 0 Å². The van der Waals surface area contributed by atoms with Gasteiger partial charge < -0.3 is 9.84 Å². The maximum atomic E-state index is 13.9. The van der Waals surface area contributed by atoms with Crippen molar-refractivity contribution in [2.24, 2.45) is 17.8 Å². The molecule has 0 spiro atoms. The van der Waals surface area contributed by atoms with Crippen LogP contribution < -0.4 is 9.64 Å². The molecule has 8 heteroatoms. The molecule has 7 nitrogen and oxygen atoms in total. The van der Waals surface area contributed by atoms with Gasteiger partial charge in [-0.05, 0) is 74.2 Å². The van der Waals surface area contributed by atoms with Gasteiger partial charge in [-0.3, -0.25) is 24.1 Å². The predicted molar refractivity (Wildman–Crippen MR) is 140 cm³/mol. The average Bonchev–Trinajstić information content (AvgIpc) is 3.17. The van der Waals surface area contributed by atoms with Crippen LogP contribution in [0.1, 0.15) is 31.2 Å². The molecule has 1 heterocycles. The molecule has 6 rings (SSSR count). The van der Waals surface area contributed by atoms with E-state index in [1.54, 1.807) is 43.3 Å². The molecule has 2 amide bonds. The number of benzene rings is 2. The molecule has 38 heavy (non-hydrogen) atoms. The number of anilines is 1. The summed E-state index contributed by atoms with van der Waals surface area (Å²) < 4.78 is 5.39. The molecule has 3 aliphatic carbocycles. The Hall–Kier alpha value is -3.97. The van der Waals surface area contributed by atoms with Crippen LogP contribution in [0.15, 0.2) is 76.9 Å².